The number of carbonyl (C=O) groups excluding carboxylic acids is 2. The molecule has 0 saturated carbocycles. The summed E-state index contributed by atoms with van der Waals surface area (Å²) in [4.78, 5) is 23.5. The first-order valence-electron chi connectivity index (χ1n) is 7.35. The van der Waals surface area contributed by atoms with Gasteiger partial charge < -0.3 is 15.2 Å². The molecule has 2 amide bonds. The molecule has 7 nitrogen and oxygen atoms in total. The monoisotopic (exact) mass is 405 g/mol. The van der Waals surface area contributed by atoms with Crippen LogP contribution in [0.3, 0.4) is 0 Å². The summed E-state index contributed by atoms with van der Waals surface area (Å²) in [6.07, 6.45) is 1.34. The average molecular weight is 406 g/mol. The van der Waals surface area contributed by atoms with Crippen molar-refractivity contribution in [3.05, 3.63) is 52.5 Å². The van der Waals surface area contributed by atoms with Gasteiger partial charge in [0.15, 0.2) is 11.5 Å². The number of nitrogens with one attached hydrogen (secondary N) is 2. The SMILES string of the molecule is CCOc1cc(/C=N\NC(=O)C(=O)Nc2ccc(Br)cc2)ccc1O. The highest BCUT2D eigenvalue weighted by molar-refractivity contribution is 9.10. The molecule has 0 bridgehead atoms. The standard InChI is InChI=1S/C17H16BrN3O4/c1-2-25-15-9-11(3-8-14(15)22)10-19-21-17(24)16(23)20-13-6-4-12(18)5-7-13/h3-10,22H,2H2,1H3,(H,20,23)(H,21,24)/b19-10-. The van der Waals surface area contributed by atoms with E-state index in [-0.39, 0.29) is 5.75 Å². The molecule has 0 aliphatic heterocycles. The lowest BCUT2D eigenvalue weighted by Crippen LogP contribution is -2.32. The summed E-state index contributed by atoms with van der Waals surface area (Å²) in [5, 5.41) is 15.8. The van der Waals surface area contributed by atoms with Gasteiger partial charge in [-0.25, -0.2) is 5.43 Å². The smallest absolute Gasteiger partial charge is 0.329 e. The minimum atomic E-state index is -0.900. The molecular formula is C17H16BrN3O4. The first-order chi connectivity index (χ1) is 12.0. The van der Waals surface area contributed by atoms with Gasteiger partial charge in [0.2, 0.25) is 0 Å². The molecule has 0 heterocycles. The minimum absolute atomic E-state index is 0.0110. The van der Waals surface area contributed by atoms with Crippen LogP contribution < -0.4 is 15.5 Å². The Labute approximate surface area is 152 Å². The lowest BCUT2D eigenvalue weighted by Gasteiger charge is -2.06. The first-order valence-corrected chi connectivity index (χ1v) is 8.14. The fourth-order valence-corrected chi connectivity index (χ4v) is 2.08. The minimum Gasteiger partial charge on any atom is -0.504 e. The lowest BCUT2D eigenvalue weighted by atomic mass is 10.2. The number of amides is 2. The Bertz CT molecular complexity index is 791. The van der Waals surface area contributed by atoms with E-state index in [1.807, 2.05) is 0 Å². The first kappa shape index (κ1) is 18.5. The second-order valence-electron chi connectivity index (χ2n) is 4.82. The van der Waals surface area contributed by atoms with Crippen molar-refractivity contribution < 1.29 is 19.4 Å². The number of phenolic OH excluding ortho intramolecular Hbond substituents is 1. The predicted octanol–water partition coefficient (Wildman–Crippen LogP) is 2.64. The Morgan fingerprint density at radius 1 is 1.20 bits per heavy atom. The van der Waals surface area contributed by atoms with Crippen molar-refractivity contribution in [3.8, 4) is 11.5 Å². The number of ether oxygens (including phenoxy) is 1. The van der Waals surface area contributed by atoms with Crippen LogP contribution in [0.1, 0.15) is 12.5 Å². The summed E-state index contributed by atoms with van der Waals surface area (Å²) in [7, 11) is 0. The highest BCUT2D eigenvalue weighted by Crippen LogP contribution is 2.26. The molecule has 0 aliphatic carbocycles. The van der Waals surface area contributed by atoms with Gasteiger partial charge in [-0.3, -0.25) is 9.59 Å². The molecule has 0 radical (unpaired) electrons. The number of hydrogen-bond acceptors (Lipinski definition) is 5. The Morgan fingerprint density at radius 2 is 1.92 bits per heavy atom. The van der Waals surface area contributed by atoms with Crippen molar-refractivity contribution in [2.24, 2.45) is 5.10 Å². The van der Waals surface area contributed by atoms with Crippen LogP contribution in [0.5, 0.6) is 11.5 Å². The van der Waals surface area contributed by atoms with E-state index in [0.29, 0.717) is 23.6 Å². The van der Waals surface area contributed by atoms with E-state index in [0.717, 1.165) is 4.47 Å². The molecule has 0 fully saturated rings. The third-order valence-corrected chi connectivity index (χ3v) is 3.50. The third kappa shape index (κ3) is 5.61. The second-order valence-corrected chi connectivity index (χ2v) is 5.74. The Hall–Kier alpha value is -2.87. The van der Waals surface area contributed by atoms with Gasteiger partial charge in [0.1, 0.15) is 0 Å². The third-order valence-electron chi connectivity index (χ3n) is 2.97. The molecule has 2 aromatic carbocycles. The molecule has 25 heavy (non-hydrogen) atoms. The van der Waals surface area contributed by atoms with Crippen LogP contribution in [0.2, 0.25) is 0 Å². The summed E-state index contributed by atoms with van der Waals surface area (Å²) in [6.45, 7) is 2.20. The van der Waals surface area contributed by atoms with Gasteiger partial charge in [0.05, 0.1) is 12.8 Å². The average Bonchev–Trinajstić information content (AvgIpc) is 2.59. The quantitative estimate of drug-likeness (QED) is 0.404. The number of hydrazone groups is 1. The topological polar surface area (TPSA) is 100 Å². The molecule has 8 heteroatoms. The van der Waals surface area contributed by atoms with Gasteiger partial charge in [0, 0.05) is 10.2 Å². The van der Waals surface area contributed by atoms with Crippen molar-refractivity contribution in [2.45, 2.75) is 6.92 Å². The molecule has 0 aliphatic rings. The number of nitrogens with zero attached hydrogens (tertiary/aromatic N) is 1. The fourth-order valence-electron chi connectivity index (χ4n) is 1.82. The molecule has 2 rings (SSSR count). The maximum absolute atomic E-state index is 11.8. The second kappa shape index (κ2) is 8.84. The maximum Gasteiger partial charge on any atom is 0.329 e. The van der Waals surface area contributed by atoms with E-state index in [1.165, 1.54) is 12.3 Å². The Morgan fingerprint density at radius 3 is 2.60 bits per heavy atom. The predicted molar refractivity (Wildman–Crippen MR) is 97.8 cm³/mol. The fraction of sp³-hybridized carbons (Fsp3) is 0.118. The molecule has 0 aromatic heterocycles. The maximum atomic E-state index is 11.8. The Kier molecular flexibility index (Phi) is 6.53. The van der Waals surface area contributed by atoms with Gasteiger partial charge >= 0.3 is 11.8 Å². The molecule has 0 spiro atoms. The van der Waals surface area contributed by atoms with Crippen molar-refractivity contribution in [2.75, 3.05) is 11.9 Å². The van der Waals surface area contributed by atoms with Crippen molar-refractivity contribution in [1.82, 2.24) is 5.43 Å². The van der Waals surface area contributed by atoms with Crippen LogP contribution >= 0.6 is 15.9 Å². The van der Waals surface area contributed by atoms with Crippen LogP contribution in [0.15, 0.2) is 52.0 Å². The number of benzene rings is 2. The van der Waals surface area contributed by atoms with E-state index in [2.05, 4.69) is 31.8 Å². The van der Waals surface area contributed by atoms with Crippen LogP contribution in [0.4, 0.5) is 5.69 Å². The van der Waals surface area contributed by atoms with E-state index in [1.54, 1.807) is 43.3 Å². The zero-order valence-electron chi connectivity index (χ0n) is 13.3. The summed E-state index contributed by atoms with van der Waals surface area (Å²) in [5.74, 6) is -1.41. The van der Waals surface area contributed by atoms with Crippen molar-refractivity contribution >= 4 is 39.6 Å². The van der Waals surface area contributed by atoms with E-state index in [4.69, 9.17) is 4.74 Å². The molecular weight excluding hydrogens is 390 g/mol. The molecule has 2 aromatic rings. The largest absolute Gasteiger partial charge is 0.504 e. The van der Waals surface area contributed by atoms with Crippen LogP contribution in [0.25, 0.3) is 0 Å². The highest BCUT2D eigenvalue weighted by Gasteiger charge is 2.12. The summed E-state index contributed by atoms with van der Waals surface area (Å²) < 4.78 is 6.11. The molecule has 130 valence electrons. The number of hydrogen-bond donors (Lipinski definition) is 3. The number of carbonyl (C=O) groups is 2. The number of halogens is 1. The van der Waals surface area contributed by atoms with Crippen molar-refractivity contribution in [3.63, 3.8) is 0 Å². The van der Waals surface area contributed by atoms with Gasteiger partial charge in [-0.2, -0.15) is 5.10 Å². The molecule has 0 unspecified atom stereocenters. The molecule has 0 atom stereocenters. The van der Waals surface area contributed by atoms with Crippen LogP contribution in [0, 0.1) is 0 Å². The number of aromatic hydroxyl groups is 1. The van der Waals surface area contributed by atoms with Crippen LogP contribution in [-0.4, -0.2) is 29.7 Å². The summed E-state index contributed by atoms with van der Waals surface area (Å²) in [5.41, 5.74) is 3.22. The van der Waals surface area contributed by atoms with E-state index < -0.39 is 11.8 Å². The van der Waals surface area contributed by atoms with E-state index >= 15 is 0 Å². The summed E-state index contributed by atoms with van der Waals surface area (Å²) >= 11 is 3.28. The van der Waals surface area contributed by atoms with Crippen LogP contribution in [-0.2, 0) is 9.59 Å². The van der Waals surface area contributed by atoms with Gasteiger partial charge in [0.25, 0.3) is 0 Å². The zero-order valence-corrected chi connectivity index (χ0v) is 14.9. The zero-order chi connectivity index (χ0) is 18.2. The van der Waals surface area contributed by atoms with Crippen molar-refractivity contribution in [1.29, 1.82) is 0 Å². The lowest BCUT2D eigenvalue weighted by molar-refractivity contribution is -0.136. The number of anilines is 1. The number of rotatable bonds is 5. The highest BCUT2D eigenvalue weighted by atomic mass is 79.9. The summed E-state index contributed by atoms with van der Waals surface area (Å²) in [6, 6.07) is 11.4. The van der Waals surface area contributed by atoms with Gasteiger partial charge in [-0.1, -0.05) is 15.9 Å². The molecule has 3 N–H and O–H groups in total. The van der Waals surface area contributed by atoms with Gasteiger partial charge in [-0.15, -0.1) is 0 Å². The van der Waals surface area contributed by atoms with E-state index in [9.17, 15) is 14.7 Å². The number of phenols is 1. The normalized spacial score (nSPS) is 10.5. The van der Waals surface area contributed by atoms with Gasteiger partial charge in [-0.05, 0) is 55.0 Å². The molecule has 0 saturated heterocycles. The Balaban J connectivity index is 1.92.